The molecular formula is C55H38N2. The third-order valence-electron chi connectivity index (χ3n) is 10.9. The molecule has 268 valence electrons. The topological polar surface area (TPSA) is 16.1 Å². The first kappa shape index (κ1) is 34.0. The quantitative estimate of drug-likeness (QED) is 0.145. The average molecular weight is 727 g/mol. The highest BCUT2D eigenvalue weighted by molar-refractivity contribution is 6.08. The van der Waals surface area contributed by atoms with E-state index in [4.69, 9.17) is 4.98 Å². The maximum atomic E-state index is 4.80. The van der Waals surface area contributed by atoms with E-state index in [0.717, 1.165) is 39.3 Å². The van der Waals surface area contributed by atoms with E-state index in [1.54, 1.807) is 0 Å². The molecule has 0 saturated heterocycles. The minimum atomic E-state index is 1.07. The average Bonchev–Trinajstić information content (AvgIpc) is 3.30. The fraction of sp³-hybridized carbons (Fsp3) is 0. The lowest BCUT2D eigenvalue weighted by molar-refractivity contribution is 1.29. The van der Waals surface area contributed by atoms with Crippen LogP contribution in [0.2, 0.25) is 0 Å². The number of rotatable bonds is 8. The van der Waals surface area contributed by atoms with Gasteiger partial charge < -0.3 is 4.90 Å². The van der Waals surface area contributed by atoms with Crippen LogP contribution >= 0.6 is 0 Å². The highest BCUT2D eigenvalue weighted by atomic mass is 15.1. The molecule has 0 aliphatic rings. The summed E-state index contributed by atoms with van der Waals surface area (Å²) in [6.07, 6.45) is 3.95. The molecule has 0 unspecified atom stereocenters. The fourth-order valence-electron chi connectivity index (χ4n) is 8.03. The minimum absolute atomic E-state index is 1.07. The minimum Gasteiger partial charge on any atom is -0.310 e. The number of benzene rings is 9. The smallest absolute Gasteiger partial charge is 0.0468 e. The number of pyridine rings is 1. The van der Waals surface area contributed by atoms with Crippen molar-refractivity contribution >= 4 is 38.6 Å². The summed E-state index contributed by atoms with van der Waals surface area (Å²) in [4.78, 5) is 7.15. The first-order valence-electron chi connectivity index (χ1n) is 19.4. The Hall–Kier alpha value is -7.55. The molecule has 0 saturated carbocycles. The molecule has 0 amide bonds. The van der Waals surface area contributed by atoms with Crippen molar-refractivity contribution in [1.82, 2.24) is 4.98 Å². The summed E-state index contributed by atoms with van der Waals surface area (Å²) in [5.74, 6) is 0. The first-order chi connectivity index (χ1) is 28.2. The van der Waals surface area contributed by atoms with E-state index in [2.05, 4.69) is 223 Å². The van der Waals surface area contributed by atoms with Gasteiger partial charge in [-0.25, -0.2) is 0 Å². The molecule has 10 aromatic rings. The van der Waals surface area contributed by atoms with Crippen molar-refractivity contribution < 1.29 is 0 Å². The van der Waals surface area contributed by atoms with Gasteiger partial charge >= 0.3 is 0 Å². The van der Waals surface area contributed by atoms with Gasteiger partial charge in [-0.3, -0.25) is 4.98 Å². The number of hydrogen-bond donors (Lipinski definition) is 0. The van der Waals surface area contributed by atoms with Crippen LogP contribution in [0.4, 0.5) is 17.1 Å². The van der Waals surface area contributed by atoms with E-state index in [0.29, 0.717) is 0 Å². The van der Waals surface area contributed by atoms with Gasteiger partial charge in [0.1, 0.15) is 0 Å². The fourth-order valence-corrected chi connectivity index (χ4v) is 8.03. The second kappa shape index (κ2) is 14.9. The van der Waals surface area contributed by atoms with Crippen LogP contribution < -0.4 is 4.90 Å². The van der Waals surface area contributed by atoms with Gasteiger partial charge in [0, 0.05) is 40.6 Å². The van der Waals surface area contributed by atoms with E-state index in [1.165, 1.54) is 54.9 Å². The number of hydrogen-bond acceptors (Lipinski definition) is 2. The van der Waals surface area contributed by atoms with Gasteiger partial charge in [-0.2, -0.15) is 0 Å². The van der Waals surface area contributed by atoms with Crippen molar-refractivity contribution in [2.24, 2.45) is 0 Å². The summed E-state index contributed by atoms with van der Waals surface area (Å²) in [6.45, 7) is 0. The second-order valence-electron chi connectivity index (χ2n) is 14.4. The van der Waals surface area contributed by atoms with Crippen LogP contribution in [0.5, 0.6) is 0 Å². The highest BCUT2D eigenvalue weighted by Gasteiger charge is 2.16. The summed E-state index contributed by atoms with van der Waals surface area (Å²) in [6, 6.07) is 78.4. The van der Waals surface area contributed by atoms with Gasteiger partial charge in [-0.15, -0.1) is 0 Å². The molecule has 1 heterocycles. The zero-order chi connectivity index (χ0) is 38.0. The van der Waals surface area contributed by atoms with Gasteiger partial charge in [-0.1, -0.05) is 170 Å². The Morgan fingerprint density at radius 2 is 0.754 bits per heavy atom. The Labute approximate surface area is 333 Å². The molecule has 2 heteroatoms. The Kier molecular flexibility index (Phi) is 8.91. The molecule has 1 aromatic heterocycles. The largest absolute Gasteiger partial charge is 0.310 e. The molecule has 9 aromatic carbocycles. The van der Waals surface area contributed by atoms with E-state index >= 15 is 0 Å². The molecule has 0 spiro atoms. The molecule has 2 nitrogen and oxygen atoms in total. The van der Waals surface area contributed by atoms with Crippen LogP contribution in [0.1, 0.15) is 0 Å². The number of anilines is 3. The molecule has 0 atom stereocenters. The summed E-state index contributed by atoms with van der Waals surface area (Å²) in [5.41, 5.74) is 14.8. The molecular weight excluding hydrogens is 689 g/mol. The van der Waals surface area contributed by atoms with Crippen LogP contribution in [0, 0.1) is 0 Å². The predicted molar refractivity (Wildman–Crippen MR) is 241 cm³/mol. The number of aromatic nitrogens is 1. The molecule has 0 N–H and O–H groups in total. The van der Waals surface area contributed by atoms with E-state index in [1.807, 2.05) is 12.4 Å². The van der Waals surface area contributed by atoms with E-state index in [-0.39, 0.29) is 0 Å². The summed E-state index contributed by atoms with van der Waals surface area (Å²) in [5, 5.41) is 4.98. The van der Waals surface area contributed by atoms with Crippen molar-refractivity contribution in [3.05, 3.63) is 231 Å². The van der Waals surface area contributed by atoms with Gasteiger partial charge in [0.2, 0.25) is 0 Å². The van der Waals surface area contributed by atoms with Crippen molar-refractivity contribution in [3.8, 4) is 55.6 Å². The van der Waals surface area contributed by atoms with Crippen LogP contribution in [-0.2, 0) is 0 Å². The first-order valence-corrected chi connectivity index (χ1v) is 19.4. The zero-order valence-electron chi connectivity index (χ0n) is 31.3. The van der Waals surface area contributed by atoms with Gasteiger partial charge in [0.05, 0.1) is 0 Å². The van der Waals surface area contributed by atoms with Gasteiger partial charge in [0.15, 0.2) is 0 Å². The lowest BCUT2D eigenvalue weighted by Gasteiger charge is -2.26. The maximum absolute atomic E-state index is 4.80. The Balaban J connectivity index is 1.04. The molecule has 0 aliphatic carbocycles. The molecule has 0 radical (unpaired) electrons. The third kappa shape index (κ3) is 6.75. The second-order valence-corrected chi connectivity index (χ2v) is 14.4. The van der Waals surface area contributed by atoms with Crippen molar-refractivity contribution in [1.29, 1.82) is 0 Å². The van der Waals surface area contributed by atoms with Crippen molar-refractivity contribution in [2.75, 3.05) is 4.90 Å². The molecule has 10 rings (SSSR count). The Bertz CT molecular complexity index is 2970. The van der Waals surface area contributed by atoms with Crippen LogP contribution in [0.3, 0.4) is 0 Å². The SMILES string of the molecule is c1ccc(-c2ccc(N(c3ccc(-c4cncc(-c5cc(-c6ccccc6)ccc5-c5ccccc5)c4)cc3)c3ccc4c(ccc5ccccc54)c3)cc2)cc1. The standard InChI is InChI=1S/C55H38N2/c1-4-12-39(13-5-1)41-22-27-49(28-23-41)57(51-31-33-54-46(35-51)21-20-44-18-10-11-19-52(44)54)50-29-24-42(25-30-50)47-34-48(38-56-37-47)55-36-45(40-14-6-2-7-15-40)26-32-53(55)43-16-8-3-9-17-43/h1-38H. The molecule has 0 bridgehead atoms. The van der Waals surface area contributed by atoms with Gasteiger partial charge in [0.25, 0.3) is 0 Å². The Morgan fingerprint density at radius 3 is 1.44 bits per heavy atom. The van der Waals surface area contributed by atoms with Crippen LogP contribution in [0.15, 0.2) is 231 Å². The van der Waals surface area contributed by atoms with Crippen molar-refractivity contribution in [3.63, 3.8) is 0 Å². The predicted octanol–water partition coefficient (Wildman–Crippen LogP) is 15.2. The maximum Gasteiger partial charge on any atom is 0.0468 e. The van der Waals surface area contributed by atoms with Crippen LogP contribution in [0.25, 0.3) is 77.2 Å². The molecule has 57 heavy (non-hydrogen) atoms. The zero-order valence-corrected chi connectivity index (χ0v) is 31.3. The van der Waals surface area contributed by atoms with Crippen molar-refractivity contribution in [2.45, 2.75) is 0 Å². The molecule has 0 aliphatic heterocycles. The van der Waals surface area contributed by atoms with E-state index in [9.17, 15) is 0 Å². The normalized spacial score (nSPS) is 11.2. The highest BCUT2D eigenvalue weighted by Crippen LogP contribution is 2.40. The third-order valence-corrected chi connectivity index (χ3v) is 10.9. The van der Waals surface area contributed by atoms with E-state index < -0.39 is 0 Å². The van der Waals surface area contributed by atoms with Crippen LogP contribution in [-0.4, -0.2) is 4.98 Å². The lowest BCUT2D eigenvalue weighted by Crippen LogP contribution is -2.09. The Morgan fingerprint density at radius 1 is 0.263 bits per heavy atom. The summed E-state index contributed by atoms with van der Waals surface area (Å²) in [7, 11) is 0. The summed E-state index contributed by atoms with van der Waals surface area (Å²) < 4.78 is 0. The van der Waals surface area contributed by atoms with Gasteiger partial charge in [-0.05, 0) is 115 Å². The lowest BCUT2D eigenvalue weighted by atomic mass is 9.91. The number of fused-ring (bicyclic) bond motifs is 3. The summed E-state index contributed by atoms with van der Waals surface area (Å²) >= 11 is 0. The molecule has 0 fully saturated rings. The number of nitrogens with zero attached hydrogens (tertiary/aromatic N) is 2. The monoisotopic (exact) mass is 726 g/mol.